The molecule has 5 heteroatoms. The average Bonchev–Trinajstić information content (AvgIpc) is 2.45. The number of hydrogen-bond acceptors (Lipinski definition) is 4. The molecule has 2 heterocycles. The third-order valence-electron chi connectivity index (χ3n) is 3.46. The summed E-state index contributed by atoms with van der Waals surface area (Å²) in [5.74, 6) is 0.688. The number of nitrogen functional groups attached to an aromatic ring is 1. The minimum Gasteiger partial charge on any atom is -0.383 e. The van der Waals surface area contributed by atoms with Gasteiger partial charge >= 0.3 is 0 Å². The number of nitrogens with two attached hydrogens (primary N) is 1. The molecule has 21 heavy (non-hydrogen) atoms. The van der Waals surface area contributed by atoms with Gasteiger partial charge in [-0.2, -0.15) is 0 Å². The molecule has 3 aromatic rings. The van der Waals surface area contributed by atoms with Crippen LogP contribution in [-0.2, 0) is 0 Å². The normalized spacial score (nSPS) is 11.2. The van der Waals surface area contributed by atoms with Gasteiger partial charge in [0, 0.05) is 11.6 Å². The van der Waals surface area contributed by atoms with Gasteiger partial charge in [0.05, 0.1) is 5.56 Å². The number of aromatic amines is 1. The van der Waals surface area contributed by atoms with E-state index in [1.165, 1.54) is 0 Å². The summed E-state index contributed by atoms with van der Waals surface area (Å²) in [7, 11) is 0. The van der Waals surface area contributed by atoms with Crippen molar-refractivity contribution in [1.29, 1.82) is 0 Å². The van der Waals surface area contributed by atoms with Gasteiger partial charge < -0.3 is 10.7 Å². The van der Waals surface area contributed by atoms with Crippen LogP contribution in [0.25, 0.3) is 22.3 Å². The summed E-state index contributed by atoms with van der Waals surface area (Å²) in [5.41, 5.74) is 6.88. The molecule has 5 nitrogen and oxygen atoms in total. The molecule has 0 atom stereocenters. The molecule has 0 spiro atoms. The maximum absolute atomic E-state index is 12.2. The van der Waals surface area contributed by atoms with E-state index in [0.29, 0.717) is 17.1 Å². The first-order valence-corrected chi connectivity index (χ1v) is 6.81. The summed E-state index contributed by atoms with van der Waals surface area (Å²) >= 11 is 0. The van der Waals surface area contributed by atoms with Crippen LogP contribution in [0, 0.1) is 0 Å². The number of pyridine rings is 1. The number of aromatic nitrogens is 3. The second-order valence-corrected chi connectivity index (χ2v) is 5.25. The van der Waals surface area contributed by atoms with E-state index in [9.17, 15) is 4.79 Å². The Hall–Kier alpha value is -2.69. The number of nitrogens with zero attached hydrogens (tertiary/aromatic N) is 2. The summed E-state index contributed by atoms with van der Waals surface area (Å²) in [6.07, 6.45) is 1.70. The zero-order valence-corrected chi connectivity index (χ0v) is 11.9. The molecule has 0 unspecified atom stereocenters. The Morgan fingerprint density at radius 3 is 2.67 bits per heavy atom. The van der Waals surface area contributed by atoms with E-state index in [1.807, 2.05) is 44.2 Å². The average molecular weight is 280 g/mol. The van der Waals surface area contributed by atoms with Gasteiger partial charge in [0.25, 0.3) is 5.56 Å². The molecule has 0 aliphatic rings. The van der Waals surface area contributed by atoms with Crippen LogP contribution in [0.5, 0.6) is 0 Å². The van der Waals surface area contributed by atoms with Crippen molar-refractivity contribution in [3.63, 3.8) is 0 Å². The summed E-state index contributed by atoms with van der Waals surface area (Å²) in [6.45, 7) is 3.83. The van der Waals surface area contributed by atoms with E-state index in [1.54, 1.807) is 6.20 Å². The first-order chi connectivity index (χ1) is 10.1. The quantitative estimate of drug-likeness (QED) is 0.755. The van der Waals surface area contributed by atoms with Crippen molar-refractivity contribution in [2.24, 2.45) is 0 Å². The number of nitrogens with one attached hydrogen (secondary N) is 1. The lowest BCUT2D eigenvalue weighted by atomic mass is 10.1. The van der Waals surface area contributed by atoms with Crippen LogP contribution in [0.3, 0.4) is 0 Å². The van der Waals surface area contributed by atoms with Gasteiger partial charge in [-0.1, -0.05) is 38.1 Å². The van der Waals surface area contributed by atoms with E-state index in [0.717, 1.165) is 10.8 Å². The fourth-order valence-corrected chi connectivity index (χ4v) is 2.48. The highest BCUT2D eigenvalue weighted by Crippen LogP contribution is 2.24. The first kappa shape index (κ1) is 13.3. The molecule has 0 aliphatic carbocycles. The monoisotopic (exact) mass is 280 g/mol. The number of fused-ring (bicyclic) bond motifs is 1. The third kappa shape index (κ3) is 2.27. The smallest absolute Gasteiger partial charge is 0.256 e. The topological polar surface area (TPSA) is 84.7 Å². The van der Waals surface area contributed by atoms with E-state index in [4.69, 9.17) is 5.73 Å². The van der Waals surface area contributed by atoms with Crippen LogP contribution in [0.1, 0.15) is 25.3 Å². The van der Waals surface area contributed by atoms with Gasteiger partial charge in [0.2, 0.25) is 0 Å². The third-order valence-corrected chi connectivity index (χ3v) is 3.46. The second-order valence-electron chi connectivity index (χ2n) is 5.25. The Morgan fingerprint density at radius 2 is 1.95 bits per heavy atom. The Labute approximate surface area is 121 Å². The molecule has 1 aromatic carbocycles. The summed E-state index contributed by atoms with van der Waals surface area (Å²) in [6, 6.07) is 9.74. The molecule has 3 rings (SSSR count). The van der Waals surface area contributed by atoms with Gasteiger partial charge in [-0.05, 0) is 17.4 Å². The van der Waals surface area contributed by atoms with Crippen molar-refractivity contribution in [3.05, 3.63) is 52.4 Å². The van der Waals surface area contributed by atoms with Crippen LogP contribution >= 0.6 is 0 Å². The summed E-state index contributed by atoms with van der Waals surface area (Å²) in [4.78, 5) is 23.7. The molecule has 0 aliphatic heterocycles. The molecule has 0 bridgehead atoms. The number of hydrogen-bond donors (Lipinski definition) is 2. The summed E-state index contributed by atoms with van der Waals surface area (Å²) in [5, 5.41) is 1.97. The maximum Gasteiger partial charge on any atom is 0.256 e. The highest BCUT2D eigenvalue weighted by atomic mass is 16.1. The zero-order valence-electron chi connectivity index (χ0n) is 11.9. The largest absolute Gasteiger partial charge is 0.383 e. The van der Waals surface area contributed by atoms with Gasteiger partial charge in [0.1, 0.15) is 11.5 Å². The number of anilines is 1. The van der Waals surface area contributed by atoms with Gasteiger partial charge in [-0.3, -0.25) is 9.78 Å². The first-order valence-electron chi connectivity index (χ1n) is 6.81. The number of benzene rings is 1. The fraction of sp³-hybridized carbons (Fsp3) is 0.188. The van der Waals surface area contributed by atoms with Crippen molar-refractivity contribution >= 4 is 16.6 Å². The predicted molar refractivity (Wildman–Crippen MR) is 84.1 cm³/mol. The molecule has 0 radical (unpaired) electrons. The van der Waals surface area contributed by atoms with Gasteiger partial charge in [0.15, 0.2) is 5.82 Å². The zero-order chi connectivity index (χ0) is 15.0. The van der Waals surface area contributed by atoms with E-state index >= 15 is 0 Å². The fourth-order valence-electron chi connectivity index (χ4n) is 2.48. The minimum atomic E-state index is -0.206. The Kier molecular flexibility index (Phi) is 3.17. The second kappa shape index (κ2) is 5.01. The standard InChI is InChI=1S/C16H16N4O/c1-9(2)12-14(17)19-15(20-16(12)21)13-11-6-4-3-5-10(11)7-8-18-13/h3-9H,1-2H3,(H3,17,19,20,21). The van der Waals surface area contributed by atoms with Crippen LogP contribution < -0.4 is 11.3 Å². The van der Waals surface area contributed by atoms with Crippen molar-refractivity contribution in [3.8, 4) is 11.5 Å². The van der Waals surface area contributed by atoms with E-state index in [-0.39, 0.29) is 17.3 Å². The van der Waals surface area contributed by atoms with Crippen LogP contribution in [-0.4, -0.2) is 15.0 Å². The molecular weight excluding hydrogens is 264 g/mol. The molecule has 2 aromatic heterocycles. The van der Waals surface area contributed by atoms with Crippen molar-refractivity contribution < 1.29 is 0 Å². The Morgan fingerprint density at radius 1 is 1.19 bits per heavy atom. The lowest BCUT2D eigenvalue weighted by Gasteiger charge is -2.10. The lowest BCUT2D eigenvalue weighted by Crippen LogP contribution is -2.19. The van der Waals surface area contributed by atoms with Gasteiger partial charge in [-0.15, -0.1) is 0 Å². The highest BCUT2D eigenvalue weighted by molar-refractivity contribution is 5.92. The molecule has 0 saturated carbocycles. The molecule has 0 amide bonds. The molecule has 0 saturated heterocycles. The van der Waals surface area contributed by atoms with Crippen molar-refractivity contribution in [2.45, 2.75) is 19.8 Å². The van der Waals surface area contributed by atoms with Gasteiger partial charge in [-0.25, -0.2) is 4.98 Å². The SMILES string of the molecule is CC(C)c1c(N)nc(-c2nccc3ccccc23)[nH]c1=O. The Bertz CT molecular complexity index is 862. The molecule has 106 valence electrons. The van der Waals surface area contributed by atoms with Crippen LogP contribution in [0.2, 0.25) is 0 Å². The summed E-state index contributed by atoms with van der Waals surface area (Å²) < 4.78 is 0. The van der Waals surface area contributed by atoms with Crippen molar-refractivity contribution in [2.75, 3.05) is 5.73 Å². The van der Waals surface area contributed by atoms with Crippen LogP contribution in [0.15, 0.2) is 41.3 Å². The predicted octanol–water partition coefficient (Wildman–Crippen LogP) is 2.69. The number of H-pyrrole nitrogens is 1. The molecular formula is C16H16N4O. The number of rotatable bonds is 2. The molecule has 0 fully saturated rings. The van der Waals surface area contributed by atoms with Crippen molar-refractivity contribution in [1.82, 2.24) is 15.0 Å². The highest BCUT2D eigenvalue weighted by Gasteiger charge is 2.15. The van der Waals surface area contributed by atoms with E-state index in [2.05, 4.69) is 15.0 Å². The lowest BCUT2D eigenvalue weighted by molar-refractivity contribution is 0.837. The molecule has 3 N–H and O–H groups in total. The minimum absolute atomic E-state index is 0.0239. The Balaban J connectivity index is 2.27. The van der Waals surface area contributed by atoms with Crippen LogP contribution in [0.4, 0.5) is 5.82 Å². The maximum atomic E-state index is 12.2. The van der Waals surface area contributed by atoms with E-state index < -0.39 is 0 Å².